The van der Waals surface area contributed by atoms with Crippen molar-refractivity contribution in [3.8, 4) is 0 Å². The van der Waals surface area contributed by atoms with Crippen molar-refractivity contribution in [2.45, 2.75) is 19.5 Å². The van der Waals surface area contributed by atoms with Crippen LogP contribution < -0.4 is 5.32 Å². The molecule has 1 heterocycles. The number of aryl methyl sites for hydroxylation is 1. The fourth-order valence-corrected chi connectivity index (χ4v) is 3.79. The van der Waals surface area contributed by atoms with Crippen molar-refractivity contribution in [1.82, 2.24) is 4.98 Å². The second-order valence-corrected chi connectivity index (χ2v) is 8.38. The van der Waals surface area contributed by atoms with Crippen LogP contribution in [0, 0.1) is 6.92 Å². The number of hydrogen-bond acceptors (Lipinski definition) is 3. The molecule has 0 bridgehead atoms. The molecule has 9 heteroatoms. The highest BCUT2D eigenvalue weighted by Gasteiger charge is 2.30. The van der Waals surface area contributed by atoms with Crippen LogP contribution in [0.25, 0.3) is 6.08 Å². The smallest absolute Gasteiger partial charge is 0.298 e. The first-order chi connectivity index (χ1) is 14.1. The van der Waals surface area contributed by atoms with Gasteiger partial charge in [0.2, 0.25) is 5.91 Å². The Balaban J connectivity index is 1.65. The van der Waals surface area contributed by atoms with Gasteiger partial charge in [0.1, 0.15) is 0 Å². The maximum atomic E-state index is 12.8. The molecule has 0 spiro atoms. The quantitative estimate of drug-likeness (QED) is 0.407. The van der Waals surface area contributed by atoms with E-state index in [9.17, 15) is 18.0 Å². The van der Waals surface area contributed by atoms with E-state index in [-0.39, 0.29) is 10.6 Å². The van der Waals surface area contributed by atoms with Crippen LogP contribution in [0.4, 0.5) is 18.3 Å². The molecule has 2 aromatic carbocycles. The van der Waals surface area contributed by atoms with E-state index in [1.807, 2.05) is 25.1 Å². The number of benzene rings is 2. The number of aromatic nitrogens is 1. The van der Waals surface area contributed by atoms with Crippen LogP contribution in [0.5, 0.6) is 0 Å². The molecule has 3 nitrogen and oxygen atoms in total. The van der Waals surface area contributed by atoms with Gasteiger partial charge in [-0.05, 0) is 54.0 Å². The van der Waals surface area contributed by atoms with Gasteiger partial charge in [0, 0.05) is 33.6 Å². The molecule has 0 fully saturated rings. The van der Waals surface area contributed by atoms with Gasteiger partial charge >= 0.3 is 6.18 Å². The minimum atomic E-state index is -4.49. The van der Waals surface area contributed by atoms with Crippen LogP contribution in [0.3, 0.4) is 0 Å². The van der Waals surface area contributed by atoms with Crippen molar-refractivity contribution in [3.63, 3.8) is 0 Å². The third-order valence-electron chi connectivity index (χ3n) is 4.14. The number of rotatable bonds is 5. The molecule has 3 aromatic rings. The molecule has 0 atom stereocenters. The summed E-state index contributed by atoms with van der Waals surface area (Å²) in [6, 6.07) is 8.72. The lowest BCUT2D eigenvalue weighted by atomic mass is 10.1. The lowest BCUT2D eigenvalue weighted by Gasteiger charge is -2.08. The summed E-state index contributed by atoms with van der Waals surface area (Å²) in [5, 5.41) is 3.77. The highest BCUT2D eigenvalue weighted by molar-refractivity contribution is 7.15. The summed E-state index contributed by atoms with van der Waals surface area (Å²) in [6.45, 7) is 1.92. The molecular weight excluding hydrogens is 456 g/mol. The first-order valence-electron chi connectivity index (χ1n) is 8.67. The lowest BCUT2D eigenvalue weighted by Crippen LogP contribution is -2.07. The Morgan fingerprint density at radius 3 is 2.63 bits per heavy atom. The normalized spacial score (nSPS) is 11.8. The van der Waals surface area contributed by atoms with Crippen LogP contribution in [-0.2, 0) is 17.4 Å². The predicted molar refractivity (Wildman–Crippen MR) is 115 cm³/mol. The zero-order chi connectivity index (χ0) is 21.9. The van der Waals surface area contributed by atoms with E-state index in [0.717, 1.165) is 40.3 Å². The number of thiazole rings is 1. The van der Waals surface area contributed by atoms with Crippen LogP contribution in [0.15, 0.2) is 48.7 Å². The molecule has 1 N–H and O–H groups in total. The van der Waals surface area contributed by atoms with Crippen molar-refractivity contribution in [2.75, 3.05) is 5.32 Å². The number of amides is 1. The summed E-state index contributed by atoms with van der Waals surface area (Å²) in [6.07, 6.45) is 0.122. The van der Waals surface area contributed by atoms with E-state index in [1.54, 1.807) is 6.20 Å². The molecule has 0 saturated heterocycles. The van der Waals surface area contributed by atoms with Gasteiger partial charge in [-0.2, -0.15) is 13.2 Å². The van der Waals surface area contributed by atoms with Gasteiger partial charge in [-0.25, -0.2) is 4.98 Å². The third kappa shape index (κ3) is 5.84. The van der Waals surface area contributed by atoms with Crippen molar-refractivity contribution in [2.24, 2.45) is 0 Å². The van der Waals surface area contributed by atoms with Gasteiger partial charge in [-0.1, -0.05) is 35.3 Å². The first kappa shape index (κ1) is 22.3. The summed E-state index contributed by atoms with van der Waals surface area (Å²) in [7, 11) is 0. The van der Waals surface area contributed by atoms with E-state index in [2.05, 4.69) is 10.3 Å². The SMILES string of the molecule is Cc1ccc(Cc2cnc(NC(=O)/C=C/c3cc(C(F)(F)F)ccc3Cl)s2)cc1Cl. The maximum absolute atomic E-state index is 12.8. The second kappa shape index (κ2) is 9.20. The van der Waals surface area contributed by atoms with Crippen molar-refractivity contribution in [3.05, 3.63) is 85.8 Å². The molecule has 1 amide bonds. The van der Waals surface area contributed by atoms with Gasteiger partial charge in [-0.3, -0.25) is 10.1 Å². The molecule has 0 aliphatic heterocycles. The molecule has 0 unspecified atom stereocenters. The molecule has 0 saturated carbocycles. The zero-order valence-electron chi connectivity index (χ0n) is 15.6. The van der Waals surface area contributed by atoms with E-state index >= 15 is 0 Å². The average Bonchev–Trinajstić information content (AvgIpc) is 3.10. The summed E-state index contributed by atoms with van der Waals surface area (Å²) in [5.41, 5.74) is 1.27. The van der Waals surface area contributed by atoms with E-state index in [1.165, 1.54) is 17.4 Å². The average molecular weight is 471 g/mol. The molecule has 30 heavy (non-hydrogen) atoms. The highest BCUT2D eigenvalue weighted by atomic mass is 35.5. The molecule has 0 aliphatic rings. The summed E-state index contributed by atoms with van der Waals surface area (Å²) in [4.78, 5) is 17.2. The number of carbonyl (C=O) groups excluding carboxylic acids is 1. The van der Waals surface area contributed by atoms with E-state index in [0.29, 0.717) is 16.6 Å². The lowest BCUT2D eigenvalue weighted by molar-refractivity contribution is -0.137. The molecule has 0 radical (unpaired) electrons. The number of halogens is 5. The minimum absolute atomic E-state index is 0.0951. The van der Waals surface area contributed by atoms with Gasteiger partial charge < -0.3 is 0 Å². The Labute approximate surface area is 185 Å². The van der Waals surface area contributed by atoms with Gasteiger partial charge in [0.15, 0.2) is 5.13 Å². The van der Waals surface area contributed by atoms with E-state index in [4.69, 9.17) is 23.2 Å². The number of carbonyl (C=O) groups is 1. The number of anilines is 1. The second-order valence-electron chi connectivity index (χ2n) is 6.45. The van der Waals surface area contributed by atoms with Gasteiger partial charge in [0.25, 0.3) is 0 Å². The third-order valence-corrected chi connectivity index (χ3v) is 5.80. The molecule has 156 valence electrons. The predicted octanol–water partition coefficient (Wildman–Crippen LogP) is 7.02. The Hall–Kier alpha value is -2.35. The van der Waals surface area contributed by atoms with Crippen LogP contribution in [0.1, 0.15) is 27.1 Å². The number of alkyl halides is 3. The highest BCUT2D eigenvalue weighted by Crippen LogP contribution is 2.32. The van der Waals surface area contributed by atoms with E-state index < -0.39 is 17.6 Å². The van der Waals surface area contributed by atoms with Crippen LogP contribution in [0.2, 0.25) is 10.0 Å². The number of hydrogen-bond donors (Lipinski definition) is 1. The Kier molecular flexibility index (Phi) is 6.85. The fourth-order valence-electron chi connectivity index (χ4n) is 2.55. The van der Waals surface area contributed by atoms with Crippen LogP contribution >= 0.6 is 34.5 Å². The maximum Gasteiger partial charge on any atom is 0.416 e. The van der Waals surface area contributed by atoms with Crippen molar-refractivity contribution >= 4 is 51.7 Å². The monoisotopic (exact) mass is 470 g/mol. The molecule has 1 aromatic heterocycles. The Morgan fingerprint density at radius 1 is 1.17 bits per heavy atom. The Morgan fingerprint density at radius 2 is 1.93 bits per heavy atom. The Bertz CT molecular complexity index is 1110. The molecule has 3 rings (SSSR count). The van der Waals surface area contributed by atoms with Gasteiger partial charge in [-0.15, -0.1) is 11.3 Å². The molecular formula is C21H15Cl2F3N2OS. The van der Waals surface area contributed by atoms with Crippen molar-refractivity contribution in [1.29, 1.82) is 0 Å². The first-order valence-corrected chi connectivity index (χ1v) is 10.2. The summed E-state index contributed by atoms with van der Waals surface area (Å²) < 4.78 is 38.5. The minimum Gasteiger partial charge on any atom is -0.298 e. The largest absolute Gasteiger partial charge is 0.416 e. The number of nitrogens with one attached hydrogen (secondary N) is 1. The fraction of sp³-hybridized carbons (Fsp3) is 0.143. The van der Waals surface area contributed by atoms with Crippen LogP contribution in [-0.4, -0.2) is 10.9 Å². The number of nitrogens with zero attached hydrogens (tertiary/aromatic N) is 1. The standard InChI is InChI=1S/C21H15Cl2F3N2OS/c1-12-2-3-13(9-18(12)23)8-16-11-27-20(30-16)28-19(29)7-4-14-10-15(21(24,25)26)5-6-17(14)22/h2-7,9-11H,8H2,1H3,(H,27,28,29)/b7-4+. The zero-order valence-corrected chi connectivity index (χ0v) is 17.9. The summed E-state index contributed by atoms with van der Waals surface area (Å²) >= 11 is 13.4. The molecule has 0 aliphatic carbocycles. The summed E-state index contributed by atoms with van der Waals surface area (Å²) in [5.74, 6) is -0.525. The topological polar surface area (TPSA) is 42.0 Å². The van der Waals surface area contributed by atoms with Crippen molar-refractivity contribution < 1.29 is 18.0 Å². The van der Waals surface area contributed by atoms with Gasteiger partial charge in [0.05, 0.1) is 5.56 Å².